The first-order valence-corrected chi connectivity index (χ1v) is 7.25. The fourth-order valence-corrected chi connectivity index (χ4v) is 2.59. The molecule has 4 aromatic heterocycles. The van der Waals surface area contributed by atoms with Gasteiger partial charge >= 0.3 is 0 Å². The van der Waals surface area contributed by atoms with Crippen LogP contribution in [0.1, 0.15) is 17.4 Å². The number of fused-ring (bicyclic) bond motifs is 1. The number of imidazole rings is 1. The summed E-state index contributed by atoms with van der Waals surface area (Å²) in [5, 5.41) is 3.33. The predicted octanol–water partition coefficient (Wildman–Crippen LogP) is 2.79. The molecule has 0 aliphatic heterocycles. The van der Waals surface area contributed by atoms with Crippen LogP contribution in [0.25, 0.3) is 11.2 Å². The highest BCUT2D eigenvalue weighted by Crippen LogP contribution is 2.26. The van der Waals surface area contributed by atoms with Gasteiger partial charge in [0, 0.05) is 13.6 Å². The van der Waals surface area contributed by atoms with Gasteiger partial charge in [-0.15, -0.1) is 0 Å². The third-order valence-corrected chi connectivity index (χ3v) is 3.74. The summed E-state index contributed by atoms with van der Waals surface area (Å²) in [6.07, 6.45) is 6.57. The summed E-state index contributed by atoms with van der Waals surface area (Å²) in [4.78, 5) is 12.9. The van der Waals surface area contributed by atoms with Gasteiger partial charge in [-0.2, -0.15) is 0 Å². The number of aromatic nitrogens is 4. The van der Waals surface area contributed by atoms with Crippen molar-refractivity contribution in [1.82, 2.24) is 19.5 Å². The van der Waals surface area contributed by atoms with Crippen LogP contribution in [0.4, 0.5) is 5.82 Å². The SMILES string of the molecule is Cn1cnc2c(NCC(c3ccco3)c3ccco3)ncnc21. The van der Waals surface area contributed by atoms with E-state index in [2.05, 4.69) is 20.3 Å². The van der Waals surface area contributed by atoms with Crippen molar-refractivity contribution in [3.8, 4) is 0 Å². The average molecular weight is 309 g/mol. The molecule has 0 saturated heterocycles. The summed E-state index contributed by atoms with van der Waals surface area (Å²) < 4.78 is 13.0. The Kier molecular flexibility index (Phi) is 3.30. The molecule has 0 spiro atoms. The highest BCUT2D eigenvalue weighted by atomic mass is 16.3. The van der Waals surface area contributed by atoms with E-state index in [1.54, 1.807) is 18.9 Å². The Morgan fingerprint density at radius 2 is 1.83 bits per heavy atom. The Balaban J connectivity index is 1.63. The fourth-order valence-electron chi connectivity index (χ4n) is 2.59. The van der Waals surface area contributed by atoms with E-state index in [9.17, 15) is 0 Å². The van der Waals surface area contributed by atoms with Gasteiger partial charge in [0.1, 0.15) is 23.4 Å². The van der Waals surface area contributed by atoms with Crippen molar-refractivity contribution in [3.63, 3.8) is 0 Å². The molecule has 4 heterocycles. The van der Waals surface area contributed by atoms with Gasteiger partial charge in [0.2, 0.25) is 0 Å². The number of hydrogen-bond donors (Lipinski definition) is 1. The highest BCUT2D eigenvalue weighted by molar-refractivity contribution is 5.82. The maximum Gasteiger partial charge on any atom is 0.165 e. The molecule has 23 heavy (non-hydrogen) atoms. The van der Waals surface area contributed by atoms with Crippen LogP contribution in [0.3, 0.4) is 0 Å². The monoisotopic (exact) mass is 309 g/mol. The number of hydrogen-bond acceptors (Lipinski definition) is 6. The van der Waals surface area contributed by atoms with Crippen LogP contribution < -0.4 is 5.32 Å². The van der Waals surface area contributed by atoms with Crippen molar-refractivity contribution in [2.75, 3.05) is 11.9 Å². The lowest BCUT2D eigenvalue weighted by molar-refractivity contribution is 0.433. The molecule has 0 saturated carbocycles. The zero-order valence-corrected chi connectivity index (χ0v) is 12.5. The van der Waals surface area contributed by atoms with Gasteiger partial charge in [0.25, 0.3) is 0 Å². The van der Waals surface area contributed by atoms with Crippen LogP contribution in [-0.2, 0) is 7.05 Å². The molecule has 0 amide bonds. The summed E-state index contributed by atoms with van der Waals surface area (Å²) in [7, 11) is 1.90. The van der Waals surface area contributed by atoms with Gasteiger partial charge in [-0.1, -0.05) is 0 Å². The van der Waals surface area contributed by atoms with Crippen LogP contribution in [0.15, 0.2) is 58.3 Å². The van der Waals surface area contributed by atoms with Crippen molar-refractivity contribution in [1.29, 1.82) is 0 Å². The van der Waals surface area contributed by atoms with E-state index in [1.807, 2.05) is 35.9 Å². The first-order chi connectivity index (χ1) is 11.3. The molecule has 7 heteroatoms. The minimum Gasteiger partial charge on any atom is -0.469 e. The molecule has 4 aromatic rings. The summed E-state index contributed by atoms with van der Waals surface area (Å²) in [6.45, 7) is 0.573. The Labute approximate surface area is 132 Å². The number of nitrogens with one attached hydrogen (secondary N) is 1. The Bertz CT molecular complexity index is 862. The van der Waals surface area contributed by atoms with Crippen LogP contribution in [0, 0.1) is 0 Å². The maximum absolute atomic E-state index is 5.55. The van der Waals surface area contributed by atoms with Gasteiger partial charge < -0.3 is 18.7 Å². The van der Waals surface area contributed by atoms with Gasteiger partial charge in [0.05, 0.1) is 24.8 Å². The fraction of sp³-hybridized carbons (Fsp3) is 0.188. The normalized spacial score (nSPS) is 11.4. The van der Waals surface area contributed by atoms with Gasteiger partial charge in [-0.25, -0.2) is 15.0 Å². The van der Waals surface area contributed by atoms with E-state index in [0.717, 1.165) is 22.7 Å². The van der Waals surface area contributed by atoms with E-state index in [-0.39, 0.29) is 5.92 Å². The first kappa shape index (κ1) is 13.6. The van der Waals surface area contributed by atoms with E-state index < -0.39 is 0 Å². The smallest absolute Gasteiger partial charge is 0.165 e. The lowest BCUT2D eigenvalue weighted by Crippen LogP contribution is -2.14. The second-order valence-electron chi connectivity index (χ2n) is 5.21. The summed E-state index contributed by atoms with van der Waals surface area (Å²) in [5.74, 6) is 2.31. The molecule has 1 N–H and O–H groups in total. The molecule has 0 aliphatic carbocycles. The molecule has 0 aromatic carbocycles. The maximum atomic E-state index is 5.55. The second-order valence-corrected chi connectivity index (χ2v) is 5.21. The number of rotatable bonds is 5. The van der Waals surface area contributed by atoms with Crippen LogP contribution in [-0.4, -0.2) is 26.1 Å². The lowest BCUT2D eigenvalue weighted by atomic mass is 10.0. The Morgan fingerprint density at radius 1 is 1.09 bits per heavy atom. The number of anilines is 1. The number of furan rings is 2. The topological polar surface area (TPSA) is 81.9 Å². The van der Waals surface area contributed by atoms with E-state index in [1.165, 1.54) is 6.33 Å². The molecule has 0 fully saturated rings. The molecule has 0 bridgehead atoms. The van der Waals surface area contributed by atoms with Crippen molar-refractivity contribution in [2.45, 2.75) is 5.92 Å². The minimum absolute atomic E-state index is 0.0475. The molecule has 0 radical (unpaired) electrons. The molecule has 0 atom stereocenters. The van der Waals surface area contributed by atoms with Gasteiger partial charge in [0.15, 0.2) is 11.5 Å². The van der Waals surface area contributed by atoms with Crippen molar-refractivity contribution >= 4 is 17.0 Å². The third kappa shape index (κ3) is 2.46. The zero-order valence-electron chi connectivity index (χ0n) is 12.5. The lowest BCUT2D eigenvalue weighted by Gasteiger charge is -2.13. The van der Waals surface area contributed by atoms with Gasteiger partial charge in [-0.05, 0) is 24.3 Å². The summed E-state index contributed by atoms with van der Waals surface area (Å²) in [5.41, 5.74) is 1.53. The van der Waals surface area contributed by atoms with Crippen molar-refractivity contribution in [3.05, 3.63) is 61.0 Å². The molecule has 4 rings (SSSR count). The Morgan fingerprint density at radius 3 is 2.48 bits per heavy atom. The van der Waals surface area contributed by atoms with E-state index >= 15 is 0 Å². The van der Waals surface area contributed by atoms with E-state index in [4.69, 9.17) is 8.83 Å². The standard InChI is InChI=1S/C16H15N5O2/c1-21-10-20-14-15(18-9-19-16(14)21)17-8-11(12-4-2-6-22-12)13-5-3-7-23-13/h2-7,9-11H,8H2,1H3,(H,17,18,19). The van der Waals surface area contributed by atoms with Crippen LogP contribution in [0.2, 0.25) is 0 Å². The second kappa shape index (κ2) is 5.60. The molecule has 7 nitrogen and oxygen atoms in total. The molecule has 0 aliphatic rings. The average Bonchev–Trinajstić information content (AvgIpc) is 3.31. The molecular formula is C16H15N5O2. The molecule has 116 valence electrons. The van der Waals surface area contributed by atoms with E-state index in [0.29, 0.717) is 12.4 Å². The van der Waals surface area contributed by atoms with Crippen molar-refractivity contribution in [2.24, 2.45) is 7.05 Å². The molecular weight excluding hydrogens is 294 g/mol. The predicted molar refractivity (Wildman–Crippen MR) is 84.1 cm³/mol. The van der Waals surface area contributed by atoms with Gasteiger partial charge in [-0.3, -0.25) is 0 Å². The quantitative estimate of drug-likeness (QED) is 0.610. The zero-order chi connectivity index (χ0) is 15.6. The van der Waals surface area contributed by atoms with Crippen molar-refractivity contribution < 1.29 is 8.83 Å². The van der Waals surface area contributed by atoms with Crippen LogP contribution in [0.5, 0.6) is 0 Å². The number of nitrogens with zero attached hydrogens (tertiary/aromatic N) is 4. The largest absolute Gasteiger partial charge is 0.469 e. The summed E-state index contributed by atoms with van der Waals surface area (Å²) >= 11 is 0. The highest BCUT2D eigenvalue weighted by Gasteiger charge is 2.20. The first-order valence-electron chi connectivity index (χ1n) is 7.25. The number of aryl methyl sites for hydroxylation is 1. The Hall–Kier alpha value is -3.09. The third-order valence-electron chi connectivity index (χ3n) is 3.74. The summed E-state index contributed by atoms with van der Waals surface area (Å²) in [6, 6.07) is 7.61. The molecule has 0 unspecified atom stereocenters. The van der Waals surface area contributed by atoms with Crippen LogP contribution >= 0.6 is 0 Å². The minimum atomic E-state index is -0.0475.